The van der Waals surface area contributed by atoms with Crippen molar-refractivity contribution in [3.8, 4) is 0 Å². The zero-order chi connectivity index (χ0) is 13.0. The fourth-order valence-corrected chi connectivity index (χ4v) is 2.01. The number of nitrogens with two attached hydrogens (primary N) is 1. The summed E-state index contributed by atoms with van der Waals surface area (Å²) in [5.74, 6) is -0.858. The standard InChI is InChI=1S/C10H15N3O3S/c1-5(2)7(8(11)14)13-10-12-4-6(17-10)9(15)16-3/h4-5,7H,1-3H3,(H2,11,14)(H,12,13). The Bertz CT molecular complexity index is 417. The lowest BCUT2D eigenvalue weighted by molar-refractivity contribution is -0.119. The normalized spacial score (nSPS) is 12.2. The summed E-state index contributed by atoms with van der Waals surface area (Å²) in [4.78, 5) is 26.8. The first-order valence-electron chi connectivity index (χ1n) is 5.05. The molecule has 3 N–H and O–H groups in total. The molecule has 0 aliphatic carbocycles. The smallest absolute Gasteiger partial charge is 0.349 e. The molecule has 1 rings (SSSR count). The molecule has 1 amide bonds. The van der Waals surface area contributed by atoms with Crippen molar-refractivity contribution in [1.82, 2.24) is 4.98 Å². The number of amides is 1. The maximum absolute atomic E-state index is 11.2. The van der Waals surface area contributed by atoms with Crippen LogP contribution in [-0.2, 0) is 9.53 Å². The van der Waals surface area contributed by atoms with Gasteiger partial charge in [0.05, 0.1) is 13.3 Å². The van der Waals surface area contributed by atoms with Gasteiger partial charge in [0.2, 0.25) is 5.91 Å². The third-order valence-corrected chi connectivity index (χ3v) is 3.05. The van der Waals surface area contributed by atoms with Gasteiger partial charge >= 0.3 is 5.97 Å². The molecule has 7 heteroatoms. The number of thiazole rings is 1. The maximum atomic E-state index is 11.2. The first-order valence-corrected chi connectivity index (χ1v) is 5.87. The number of nitrogens with zero attached hydrogens (tertiary/aromatic N) is 1. The van der Waals surface area contributed by atoms with Gasteiger partial charge in [-0.1, -0.05) is 25.2 Å². The van der Waals surface area contributed by atoms with E-state index in [-0.39, 0.29) is 5.92 Å². The lowest BCUT2D eigenvalue weighted by Crippen LogP contribution is -2.39. The minimum absolute atomic E-state index is 0.0398. The van der Waals surface area contributed by atoms with E-state index < -0.39 is 17.9 Å². The number of carbonyl (C=O) groups is 2. The van der Waals surface area contributed by atoms with Gasteiger partial charge in [0, 0.05) is 0 Å². The first-order chi connectivity index (χ1) is 7.95. The number of hydrogen-bond donors (Lipinski definition) is 2. The molecule has 0 aliphatic rings. The van der Waals surface area contributed by atoms with Gasteiger partial charge in [0.25, 0.3) is 0 Å². The second kappa shape index (κ2) is 5.62. The number of anilines is 1. The number of esters is 1. The Morgan fingerprint density at radius 3 is 2.65 bits per heavy atom. The predicted molar refractivity (Wildman–Crippen MR) is 64.9 cm³/mol. The number of aromatic nitrogens is 1. The second-order valence-corrected chi connectivity index (χ2v) is 4.82. The molecule has 1 aromatic rings. The van der Waals surface area contributed by atoms with Crippen LogP contribution in [0.2, 0.25) is 0 Å². The van der Waals surface area contributed by atoms with Gasteiger partial charge in [-0.3, -0.25) is 4.79 Å². The predicted octanol–water partition coefficient (Wildman–Crippen LogP) is 0.851. The van der Waals surface area contributed by atoms with Crippen LogP contribution in [0.4, 0.5) is 5.13 Å². The highest BCUT2D eigenvalue weighted by atomic mass is 32.1. The van der Waals surface area contributed by atoms with Crippen molar-refractivity contribution < 1.29 is 14.3 Å². The molecule has 1 heterocycles. The Labute approximate surface area is 103 Å². The molecule has 0 fully saturated rings. The molecular formula is C10H15N3O3S. The molecule has 0 radical (unpaired) electrons. The Hall–Kier alpha value is -1.63. The molecule has 94 valence electrons. The van der Waals surface area contributed by atoms with E-state index in [1.165, 1.54) is 13.3 Å². The van der Waals surface area contributed by atoms with Crippen molar-refractivity contribution >= 4 is 28.3 Å². The molecule has 0 spiro atoms. The van der Waals surface area contributed by atoms with E-state index in [4.69, 9.17) is 5.73 Å². The zero-order valence-corrected chi connectivity index (χ0v) is 10.7. The van der Waals surface area contributed by atoms with E-state index in [9.17, 15) is 9.59 Å². The SMILES string of the molecule is COC(=O)c1cnc(NC(C(N)=O)C(C)C)s1. The zero-order valence-electron chi connectivity index (χ0n) is 9.89. The van der Waals surface area contributed by atoms with Crippen molar-refractivity contribution in [2.24, 2.45) is 11.7 Å². The largest absolute Gasteiger partial charge is 0.465 e. The number of carbonyl (C=O) groups excluding carboxylic acids is 2. The van der Waals surface area contributed by atoms with Crippen molar-refractivity contribution in [2.45, 2.75) is 19.9 Å². The molecule has 0 bridgehead atoms. The van der Waals surface area contributed by atoms with Crippen LogP contribution >= 0.6 is 11.3 Å². The van der Waals surface area contributed by atoms with E-state index in [2.05, 4.69) is 15.0 Å². The van der Waals surface area contributed by atoms with Crippen molar-refractivity contribution in [2.75, 3.05) is 12.4 Å². The summed E-state index contributed by atoms with van der Waals surface area (Å²) in [5, 5.41) is 3.38. The first kappa shape index (κ1) is 13.4. The third-order valence-electron chi connectivity index (χ3n) is 2.14. The van der Waals surface area contributed by atoms with Crippen LogP contribution in [0.1, 0.15) is 23.5 Å². The average Bonchev–Trinajstić information content (AvgIpc) is 2.72. The molecule has 1 unspecified atom stereocenters. The van der Waals surface area contributed by atoms with Gasteiger partial charge < -0.3 is 15.8 Å². The fraction of sp³-hybridized carbons (Fsp3) is 0.500. The molecule has 0 aliphatic heterocycles. The van der Waals surface area contributed by atoms with E-state index in [1.807, 2.05) is 13.8 Å². The molecule has 0 saturated heterocycles. The average molecular weight is 257 g/mol. The highest BCUT2D eigenvalue weighted by Crippen LogP contribution is 2.20. The third kappa shape index (κ3) is 3.42. The summed E-state index contributed by atoms with van der Waals surface area (Å²) in [5.41, 5.74) is 5.26. The fourth-order valence-electron chi connectivity index (χ4n) is 1.24. The minimum atomic E-state index is -0.508. The molecule has 1 atom stereocenters. The van der Waals surface area contributed by atoms with Crippen molar-refractivity contribution in [1.29, 1.82) is 0 Å². The summed E-state index contributed by atoms with van der Waals surface area (Å²) in [6.45, 7) is 3.74. The molecule has 6 nitrogen and oxygen atoms in total. The molecule has 17 heavy (non-hydrogen) atoms. The van der Waals surface area contributed by atoms with Gasteiger partial charge in [-0.2, -0.15) is 0 Å². The van der Waals surface area contributed by atoms with Crippen molar-refractivity contribution in [3.63, 3.8) is 0 Å². The number of primary amides is 1. The summed E-state index contributed by atoms with van der Waals surface area (Å²) >= 11 is 1.12. The highest BCUT2D eigenvalue weighted by molar-refractivity contribution is 7.17. The Morgan fingerprint density at radius 1 is 1.53 bits per heavy atom. The number of ether oxygens (including phenoxy) is 1. The van der Waals surface area contributed by atoms with Gasteiger partial charge in [0.15, 0.2) is 5.13 Å². The Morgan fingerprint density at radius 2 is 2.18 bits per heavy atom. The van der Waals surface area contributed by atoms with Gasteiger partial charge in [-0.15, -0.1) is 0 Å². The van der Waals surface area contributed by atoms with Crippen LogP contribution < -0.4 is 11.1 Å². The second-order valence-electron chi connectivity index (χ2n) is 3.79. The monoisotopic (exact) mass is 257 g/mol. The summed E-state index contributed by atoms with van der Waals surface area (Å²) in [6, 6.07) is -0.508. The number of methoxy groups -OCH3 is 1. The number of nitrogens with one attached hydrogen (secondary N) is 1. The molecular weight excluding hydrogens is 242 g/mol. The topological polar surface area (TPSA) is 94.3 Å². The summed E-state index contributed by atoms with van der Waals surface area (Å²) < 4.78 is 4.56. The van der Waals surface area contributed by atoms with Crippen LogP contribution in [0.3, 0.4) is 0 Å². The number of rotatable bonds is 5. The van der Waals surface area contributed by atoms with Crippen LogP contribution in [0.5, 0.6) is 0 Å². The van der Waals surface area contributed by atoms with Crippen LogP contribution in [-0.4, -0.2) is 30.0 Å². The van der Waals surface area contributed by atoms with Crippen LogP contribution in [0.25, 0.3) is 0 Å². The Balaban J connectivity index is 2.77. The Kier molecular flexibility index (Phi) is 4.45. The van der Waals surface area contributed by atoms with E-state index in [0.29, 0.717) is 10.0 Å². The summed E-state index contributed by atoms with van der Waals surface area (Å²) in [7, 11) is 1.30. The van der Waals surface area contributed by atoms with Crippen molar-refractivity contribution in [3.05, 3.63) is 11.1 Å². The molecule has 0 saturated carbocycles. The van der Waals surface area contributed by atoms with Gasteiger partial charge in [-0.25, -0.2) is 9.78 Å². The molecule has 0 aromatic carbocycles. The highest BCUT2D eigenvalue weighted by Gasteiger charge is 2.21. The van der Waals surface area contributed by atoms with Gasteiger partial charge in [0.1, 0.15) is 10.9 Å². The lowest BCUT2D eigenvalue weighted by Gasteiger charge is -2.17. The van der Waals surface area contributed by atoms with Crippen LogP contribution in [0, 0.1) is 5.92 Å². The van der Waals surface area contributed by atoms with E-state index >= 15 is 0 Å². The van der Waals surface area contributed by atoms with Crippen LogP contribution in [0.15, 0.2) is 6.20 Å². The molecule has 1 aromatic heterocycles. The van der Waals surface area contributed by atoms with E-state index in [0.717, 1.165) is 11.3 Å². The maximum Gasteiger partial charge on any atom is 0.349 e. The quantitative estimate of drug-likeness (QED) is 0.763. The summed E-state index contributed by atoms with van der Waals surface area (Å²) in [6.07, 6.45) is 1.40. The number of hydrogen-bond acceptors (Lipinski definition) is 6. The lowest BCUT2D eigenvalue weighted by atomic mass is 10.0. The van der Waals surface area contributed by atoms with E-state index in [1.54, 1.807) is 0 Å². The van der Waals surface area contributed by atoms with Gasteiger partial charge in [-0.05, 0) is 5.92 Å². The minimum Gasteiger partial charge on any atom is -0.465 e.